The molecule has 0 spiro atoms. The molecule has 0 atom stereocenters. The van der Waals surface area contributed by atoms with Crippen molar-refractivity contribution in [3.05, 3.63) is 29.8 Å². The molecule has 0 unspecified atom stereocenters. The summed E-state index contributed by atoms with van der Waals surface area (Å²) in [6, 6.07) is 8.59. The van der Waals surface area contributed by atoms with Gasteiger partial charge in [0.15, 0.2) is 0 Å². The summed E-state index contributed by atoms with van der Waals surface area (Å²) in [5.41, 5.74) is 1.27. The van der Waals surface area contributed by atoms with Crippen molar-refractivity contribution in [3.63, 3.8) is 0 Å². The van der Waals surface area contributed by atoms with Gasteiger partial charge in [0, 0.05) is 17.9 Å². The number of esters is 1. The number of carbonyl (C=O) groups is 1. The van der Waals surface area contributed by atoms with E-state index in [0.717, 1.165) is 25.3 Å². The van der Waals surface area contributed by atoms with E-state index in [9.17, 15) is 4.79 Å². The zero-order chi connectivity index (χ0) is 13.2. The second-order valence-electron chi connectivity index (χ2n) is 3.93. The summed E-state index contributed by atoms with van der Waals surface area (Å²) in [6.45, 7) is 3.83. The van der Waals surface area contributed by atoms with Crippen LogP contribution in [0, 0.1) is 0 Å². The molecular formula is C14H21NO2S. The molecular weight excluding hydrogens is 246 g/mol. The van der Waals surface area contributed by atoms with Gasteiger partial charge in [-0.25, -0.2) is 0 Å². The second-order valence-corrected chi connectivity index (χ2v) is 5.27. The topological polar surface area (TPSA) is 38.3 Å². The summed E-state index contributed by atoms with van der Waals surface area (Å²) in [7, 11) is 1.42. The second kappa shape index (κ2) is 9.00. The van der Waals surface area contributed by atoms with Crippen LogP contribution in [0.4, 0.5) is 0 Å². The average Bonchev–Trinajstić information content (AvgIpc) is 2.40. The first-order chi connectivity index (χ1) is 8.76. The van der Waals surface area contributed by atoms with Crippen LogP contribution in [0.2, 0.25) is 0 Å². The molecule has 1 N–H and O–H groups in total. The molecule has 100 valence electrons. The number of rotatable bonds is 8. The Labute approximate surface area is 113 Å². The SMILES string of the molecule is CCSc1ccc(CNCCCC(=O)OC)cc1. The summed E-state index contributed by atoms with van der Waals surface area (Å²) in [5.74, 6) is 0.961. The lowest BCUT2D eigenvalue weighted by atomic mass is 10.2. The van der Waals surface area contributed by atoms with E-state index < -0.39 is 0 Å². The van der Waals surface area contributed by atoms with Gasteiger partial charge >= 0.3 is 5.97 Å². The summed E-state index contributed by atoms with van der Waals surface area (Å²) in [6.07, 6.45) is 1.30. The minimum Gasteiger partial charge on any atom is -0.469 e. The molecule has 0 aliphatic heterocycles. The third kappa shape index (κ3) is 6.07. The molecule has 18 heavy (non-hydrogen) atoms. The van der Waals surface area contributed by atoms with Crippen LogP contribution >= 0.6 is 11.8 Å². The van der Waals surface area contributed by atoms with Gasteiger partial charge < -0.3 is 10.1 Å². The van der Waals surface area contributed by atoms with Gasteiger partial charge in [-0.1, -0.05) is 19.1 Å². The Morgan fingerprint density at radius 2 is 2.06 bits per heavy atom. The fourth-order valence-corrected chi connectivity index (χ4v) is 2.22. The summed E-state index contributed by atoms with van der Waals surface area (Å²) >= 11 is 1.85. The normalized spacial score (nSPS) is 10.3. The number of nitrogens with one attached hydrogen (secondary N) is 1. The molecule has 0 bridgehead atoms. The van der Waals surface area contributed by atoms with Gasteiger partial charge in [-0.15, -0.1) is 11.8 Å². The Bertz CT molecular complexity index is 351. The van der Waals surface area contributed by atoms with E-state index in [4.69, 9.17) is 0 Å². The van der Waals surface area contributed by atoms with Crippen LogP contribution in [0.5, 0.6) is 0 Å². The molecule has 1 aromatic carbocycles. The Kier molecular flexibility index (Phi) is 7.53. The van der Waals surface area contributed by atoms with Crippen LogP contribution in [-0.4, -0.2) is 25.4 Å². The maximum Gasteiger partial charge on any atom is 0.305 e. The molecule has 3 nitrogen and oxygen atoms in total. The lowest BCUT2D eigenvalue weighted by Gasteiger charge is -2.05. The molecule has 0 fully saturated rings. The van der Waals surface area contributed by atoms with Crippen molar-refractivity contribution in [2.45, 2.75) is 31.2 Å². The van der Waals surface area contributed by atoms with Gasteiger partial charge in [0.05, 0.1) is 7.11 Å². The third-order valence-corrected chi connectivity index (χ3v) is 3.42. The number of ether oxygens (including phenoxy) is 1. The number of thioether (sulfide) groups is 1. The Hall–Kier alpha value is -1.00. The lowest BCUT2D eigenvalue weighted by Crippen LogP contribution is -2.16. The number of carbonyl (C=O) groups excluding carboxylic acids is 1. The minimum absolute atomic E-state index is 0.141. The van der Waals surface area contributed by atoms with Gasteiger partial charge in [0.25, 0.3) is 0 Å². The number of methoxy groups -OCH3 is 1. The monoisotopic (exact) mass is 267 g/mol. The third-order valence-electron chi connectivity index (χ3n) is 2.53. The average molecular weight is 267 g/mol. The maximum atomic E-state index is 10.9. The van der Waals surface area contributed by atoms with E-state index in [1.54, 1.807) is 0 Å². The fourth-order valence-electron chi connectivity index (χ4n) is 1.56. The Balaban J connectivity index is 2.17. The fraction of sp³-hybridized carbons (Fsp3) is 0.500. The first-order valence-electron chi connectivity index (χ1n) is 6.25. The van der Waals surface area contributed by atoms with Gasteiger partial charge in [-0.3, -0.25) is 4.79 Å². The molecule has 1 aromatic rings. The van der Waals surface area contributed by atoms with E-state index in [-0.39, 0.29) is 5.97 Å². The Morgan fingerprint density at radius 3 is 2.67 bits per heavy atom. The number of hydrogen-bond acceptors (Lipinski definition) is 4. The zero-order valence-electron chi connectivity index (χ0n) is 11.1. The molecule has 0 heterocycles. The number of benzene rings is 1. The molecule has 4 heteroatoms. The van der Waals surface area contributed by atoms with Crippen LogP contribution in [-0.2, 0) is 16.1 Å². The molecule has 0 saturated heterocycles. The summed E-state index contributed by atoms with van der Waals surface area (Å²) in [4.78, 5) is 12.2. The maximum absolute atomic E-state index is 10.9. The molecule has 0 aliphatic rings. The molecule has 0 radical (unpaired) electrons. The summed E-state index contributed by atoms with van der Waals surface area (Å²) in [5, 5.41) is 3.32. The highest BCUT2D eigenvalue weighted by atomic mass is 32.2. The molecule has 0 aliphatic carbocycles. The summed E-state index contributed by atoms with van der Waals surface area (Å²) < 4.78 is 4.58. The molecule has 0 saturated carbocycles. The van der Waals surface area contributed by atoms with E-state index >= 15 is 0 Å². The van der Waals surface area contributed by atoms with Crippen LogP contribution in [0.3, 0.4) is 0 Å². The van der Waals surface area contributed by atoms with Crippen LogP contribution in [0.25, 0.3) is 0 Å². The quantitative estimate of drug-likeness (QED) is 0.446. The highest BCUT2D eigenvalue weighted by molar-refractivity contribution is 7.99. The van der Waals surface area contributed by atoms with Gasteiger partial charge in [-0.05, 0) is 36.4 Å². The largest absolute Gasteiger partial charge is 0.469 e. The predicted molar refractivity (Wildman–Crippen MR) is 75.8 cm³/mol. The van der Waals surface area contributed by atoms with Crippen molar-refractivity contribution in [3.8, 4) is 0 Å². The molecule has 0 aromatic heterocycles. The molecule has 0 amide bonds. The predicted octanol–water partition coefficient (Wildman–Crippen LogP) is 2.84. The van der Waals surface area contributed by atoms with Crippen LogP contribution < -0.4 is 5.32 Å². The van der Waals surface area contributed by atoms with Crippen LogP contribution in [0.1, 0.15) is 25.3 Å². The van der Waals surface area contributed by atoms with E-state index in [1.807, 2.05) is 11.8 Å². The van der Waals surface area contributed by atoms with Gasteiger partial charge in [0.2, 0.25) is 0 Å². The van der Waals surface area contributed by atoms with E-state index in [0.29, 0.717) is 6.42 Å². The van der Waals surface area contributed by atoms with Crippen molar-refractivity contribution in [1.82, 2.24) is 5.32 Å². The van der Waals surface area contributed by atoms with Crippen molar-refractivity contribution >= 4 is 17.7 Å². The first kappa shape index (κ1) is 15.1. The van der Waals surface area contributed by atoms with E-state index in [2.05, 4.69) is 41.2 Å². The van der Waals surface area contributed by atoms with Gasteiger partial charge in [0.1, 0.15) is 0 Å². The van der Waals surface area contributed by atoms with Crippen molar-refractivity contribution in [2.24, 2.45) is 0 Å². The first-order valence-corrected chi connectivity index (χ1v) is 7.24. The molecule has 1 rings (SSSR count). The van der Waals surface area contributed by atoms with Crippen molar-refractivity contribution in [1.29, 1.82) is 0 Å². The Morgan fingerprint density at radius 1 is 1.33 bits per heavy atom. The highest BCUT2D eigenvalue weighted by Gasteiger charge is 1.99. The zero-order valence-corrected chi connectivity index (χ0v) is 11.9. The lowest BCUT2D eigenvalue weighted by molar-refractivity contribution is -0.140. The van der Waals surface area contributed by atoms with Crippen LogP contribution in [0.15, 0.2) is 29.2 Å². The standard InChI is InChI=1S/C14H21NO2S/c1-3-18-13-8-6-12(7-9-13)11-15-10-4-5-14(16)17-2/h6-9,15H,3-5,10-11H2,1-2H3. The van der Waals surface area contributed by atoms with Gasteiger partial charge in [-0.2, -0.15) is 0 Å². The van der Waals surface area contributed by atoms with E-state index in [1.165, 1.54) is 17.6 Å². The highest BCUT2D eigenvalue weighted by Crippen LogP contribution is 2.17. The van der Waals surface area contributed by atoms with Crippen molar-refractivity contribution < 1.29 is 9.53 Å². The van der Waals surface area contributed by atoms with Crippen molar-refractivity contribution in [2.75, 3.05) is 19.4 Å². The smallest absolute Gasteiger partial charge is 0.305 e. The minimum atomic E-state index is -0.141. The number of hydrogen-bond donors (Lipinski definition) is 1.